The van der Waals surface area contributed by atoms with Crippen LogP contribution in [0.25, 0.3) is 0 Å². The summed E-state index contributed by atoms with van der Waals surface area (Å²) in [7, 11) is 3.13. The maximum atomic E-state index is 13.2. The van der Waals surface area contributed by atoms with Gasteiger partial charge < -0.3 is 10.1 Å². The summed E-state index contributed by atoms with van der Waals surface area (Å²) >= 11 is 1.23. The van der Waals surface area contributed by atoms with Crippen LogP contribution in [0.15, 0.2) is 53.5 Å². The van der Waals surface area contributed by atoms with E-state index in [1.807, 2.05) is 24.3 Å². The topological polar surface area (TPSA) is 71.0 Å². The fourth-order valence-corrected chi connectivity index (χ4v) is 3.85. The number of aliphatic imine (C=N–C) groups is 1. The number of hydrogen-bond acceptors (Lipinski definition) is 5. The molecule has 0 saturated carbocycles. The molecule has 2 aromatic rings. The molecular formula is C20H20FN3O3S. The van der Waals surface area contributed by atoms with Gasteiger partial charge in [0.05, 0.1) is 24.6 Å². The van der Waals surface area contributed by atoms with Gasteiger partial charge in [-0.05, 0) is 42.0 Å². The summed E-state index contributed by atoms with van der Waals surface area (Å²) in [4.78, 5) is 30.9. The van der Waals surface area contributed by atoms with E-state index in [9.17, 15) is 14.0 Å². The molecule has 2 amide bonds. The second-order valence-corrected chi connectivity index (χ2v) is 7.29. The van der Waals surface area contributed by atoms with Gasteiger partial charge in [-0.15, -0.1) is 0 Å². The Kier molecular flexibility index (Phi) is 6.30. The summed E-state index contributed by atoms with van der Waals surface area (Å²) in [6.07, 6.45) is 0.0862. The first-order valence-corrected chi connectivity index (χ1v) is 9.54. The van der Waals surface area contributed by atoms with Crippen LogP contribution in [0.2, 0.25) is 0 Å². The molecule has 0 bridgehead atoms. The Morgan fingerprint density at radius 2 is 1.93 bits per heavy atom. The largest absolute Gasteiger partial charge is 0.497 e. The SMILES string of the molecule is CNC(=O)[C@H]1CC(=O)N(Cc2ccc(OC)cc2)C(=Nc2ccc(F)cc2)S1. The number of ether oxygens (including phenoxy) is 1. The van der Waals surface area contributed by atoms with E-state index in [0.29, 0.717) is 17.4 Å². The average molecular weight is 401 g/mol. The highest BCUT2D eigenvalue weighted by molar-refractivity contribution is 8.15. The standard InChI is InChI=1S/C20H20FN3O3S/c1-22-19(26)17-11-18(25)24(12-13-3-9-16(27-2)10-4-13)20(28-17)23-15-7-5-14(21)6-8-15/h3-10,17H,11-12H2,1-2H3,(H,22,26)/t17-/m1/s1. The number of amides is 2. The van der Waals surface area contributed by atoms with Crippen molar-refractivity contribution in [2.45, 2.75) is 18.2 Å². The zero-order chi connectivity index (χ0) is 20.1. The van der Waals surface area contributed by atoms with Crippen LogP contribution in [0.3, 0.4) is 0 Å². The third kappa shape index (κ3) is 4.69. The fraction of sp³-hybridized carbons (Fsp3) is 0.250. The first-order chi connectivity index (χ1) is 13.5. The molecule has 8 heteroatoms. The zero-order valence-electron chi connectivity index (χ0n) is 15.5. The Morgan fingerprint density at radius 1 is 1.25 bits per heavy atom. The third-order valence-electron chi connectivity index (χ3n) is 4.23. The van der Waals surface area contributed by atoms with Gasteiger partial charge in [-0.1, -0.05) is 23.9 Å². The maximum Gasteiger partial charge on any atom is 0.233 e. The molecule has 0 spiro atoms. The summed E-state index contributed by atoms with van der Waals surface area (Å²) in [5.74, 6) is -0.0593. The van der Waals surface area contributed by atoms with Gasteiger partial charge in [0.1, 0.15) is 11.6 Å². The van der Waals surface area contributed by atoms with Gasteiger partial charge >= 0.3 is 0 Å². The smallest absolute Gasteiger partial charge is 0.233 e. The molecule has 1 N–H and O–H groups in total. The van der Waals surface area contributed by atoms with Crippen molar-refractivity contribution in [2.75, 3.05) is 14.2 Å². The van der Waals surface area contributed by atoms with Gasteiger partial charge in [0, 0.05) is 13.5 Å². The van der Waals surface area contributed by atoms with Crippen LogP contribution in [0.4, 0.5) is 10.1 Å². The fourth-order valence-electron chi connectivity index (χ4n) is 2.70. The van der Waals surface area contributed by atoms with Crippen LogP contribution >= 0.6 is 11.8 Å². The monoisotopic (exact) mass is 401 g/mol. The lowest BCUT2D eigenvalue weighted by Crippen LogP contribution is -2.45. The Bertz CT molecular complexity index is 885. The van der Waals surface area contributed by atoms with E-state index in [4.69, 9.17) is 4.74 Å². The maximum absolute atomic E-state index is 13.2. The number of amidine groups is 1. The molecule has 2 aromatic carbocycles. The number of carbonyl (C=O) groups is 2. The number of nitrogens with one attached hydrogen (secondary N) is 1. The Balaban J connectivity index is 1.90. The van der Waals surface area contributed by atoms with Crippen molar-refractivity contribution >= 4 is 34.4 Å². The molecule has 1 atom stereocenters. The van der Waals surface area contributed by atoms with E-state index in [2.05, 4.69) is 10.3 Å². The minimum absolute atomic E-state index is 0.0862. The normalized spacial score (nSPS) is 18.2. The quantitative estimate of drug-likeness (QED) is 0.836. The minimum atomic E-state index is -0.552. The molecule has 0 aliphatic carbocycles. The lowest BCUT2D eigenvalue weighted by Gasteiger charge is -2.31. The second kappa shape index (κ2) is 8.88. The van der Waals surface area contributed by atoms with E-state index >= 15 is 0 Å². The molecule has 0 aromatic heterocycles. The summed E-state index contributed by atoms with van der Waals surface area (Å²) in [6, 6.07) is 13.1. The van der Waals surface area contributed by atoms with Crippen molar-refractivity contribution in [1.29, 1.82) is 0 Å². The molecule has 28 heavy (non-hydrogen) atoms. The number of benzene rings is 2. The van der Waals surface area contributed by atoms with Crippen LogP contribution < -0.4 is 10.1 Å². The molecule has 1 saturated heterocycles. The van der Waals surface area contributed by atoms with Gasteiger partial charge in [-0.3, -0.25) is 14.5 Å². The second-order valence-electron chi connectivity index (χ2n) is 6.12. The van der Waals surface area contributed by atoms with Crippen LogP contribution in [0, 0.1) is 5.82 Å². The molecule has 1 aliphatic rings. The summed E-state index contributed by atoms with van der Waals surface area (Å²) in [6.45, 7) is 0.316. The number of hydrogen-bond donors (Lipinski definition) is 1. The van der Waals surface area contributed by atoms with Gasteiger partial charge in [0.25, 0.3) is 0 Å². The van der Waals surface area contributed by atoms with E-state index in [0.717, 1.165) is 11.3 Å². The molecule has 6 nitrogen and oxygen atoms in total. The minimum Gasteiger partial charge on any atom is -0.497 e. The highest BCUT2D eigenvalue weighted by Gasteiger charge is 2.35. The Labute approximate surface area is 166 Å². The molecule has 0 radical (unpaired) electrons. The Morgan fingerprint density at radius 3 is 2.54 bits per heavy atom. The molecular weight excluding hydrogens is 381 g/mol. The zero-order valence-corrected chi connectivity index (χ0v) is 16.3. The third-order valence-corrected chi connectivity index (χ3v) is 5.42. The first kappa shape index (κ1) is 19.9. The summed E-state index contributed by atoms with van der Waals surface area (Å²) in [5.41, 5.74) is 1.41. The Hall–Kier alpha value is -2.87. The van der Waals surface area contributed by atoms with Gasteiger partial charge in [-0.2, -0.15) is 0 Å². The average Bonchev–Trinajstić information content (AvgIpc) is 2.71. The van der Waals surface area contributed by atoms with E-state index < -0.39 is 5.25 Å². The lowest BCUT2D eigenvalue weighted by molar-refractivity contribution is -0.130. The van der Waals surface area contributed by atoms with Crippen molar-refractivity contribution in [2.24, 2.45) is 4.99 Å². The molecule has 3 rings (SSSR count). The van der Waals surface area contributed by atoms with Gasteiger partial charge in [0.2, 0.25) is 11.8 Å². The number of thioether (sulfide) groups is 1. The summed E-state index contributed by atoms with van der Waals surface area (Å²) in [5, 5.41) is 2.43. The van der Waals surface area contributed by atoms with Crippen LogP contribution in [0.1, 0.15) is 12.0 Å². The van der Waals surface area contributed by atoms with Crippen molar-refractivity contribution in [3.05, 3.63) is 59.9 Å². The van der Waals surface area contributed by atoms with Crippen molar-refractivity contribution in [3.63, 3.8) is 0 Å². The highest BCUT2D eigenvalue weighted by Crippen LogP contribution is 2.30. The first-order valence-electron chi connectivity index (χ1n) is 8.66. The van der Waals surface area contributed by atoms with Crippen LogP contribution in [0.5, 0.6) is 5.75 Å². The molecule has 1 heterocycles. The molecule has 1 fully saturated rings. The molecule has 146 valence electrons. The number of carbonyl (C=O) groups excluding carboxylic acids is 2. The van der Waals surface area contributed by atoms with Crippen LogP contribution in [-0.2, 0) is 16.1 Å². The van der Waals surface area contributed by atoms with Crippen molar-refractivity contribution in [1.82, 2.24) is 10.2 Å². The van der Waals surface area contributed by atoms with E-state index in [-0.39, 0.29) is 24.1 Å². The van der Waals surface area contributed by atoms with Crippen LogP contribution in [-0.4, -0.2) is 41.3 Å². The molecule has 0 unspecified atom stereocenters. The number of methoxy groups -OCH3 is 1. The predicted octanol–water partition coefficient (Wildman–Crippen LogP) is 3.10. The van der Waals surface area contributed by atoms with E-state index in [1.165, 1.54) is 43.1 Å². The van der Waals surface area contributed by atoms with Crippen molar-refractivity contribution < 1.29 is 18.7 Å². The molecule has 1 aliphatic heterocycles. The van der Waals surface area contributed by atoms with Gasteiger partial charge in [0.15, 0.2) is 5.17 Å². The van der Waals surface area contributed by atoms with Gasteiger partial charge in [-0.25, -0.2) is 9.38 Å². The number of halogens is 1. The predicted molar refractivity (Wildman–Crippen MR) is 107 cm³/mol. The number of nitrogens with zero attached hydrogens (tertiary/aromatic N) is 2. The number of rotatable bonds is 5. The summed E-state index contributed by atoms with van der Waals surface area (Å²) < 4.78 is 18.3. The highest BCUT2D eigenvalue weighted by atomic mass is 32.2. The van der Waals surface area contributed by atoms with Crippen molar-refractivity contribution in [3.8, 4) is 5.75 Å². The lowest BCUT2D eigenvalue weighted by atomic mass is 10.2. The van der Waals surface area contributed by atoms with E-state index in [1.54, 1.807) is 12.0 Å².